The minimum absolute atomic E-state index is 0.0146. The van der Waals surface area contributed by atoms with Crippen LogP contribution in [0.1, 0.15) is 39.1 Å². The highest BCUT2D eigenvalue weighted by Gasteiger charge is 2.24. The number of benzene rings is 2. The molecule has 2 aromatic rings. The molecule has 0 aromatic heterocycles. The summed E-state index contributed by atoms with van der Waals surface area (Å²) in [5, 5.41) is 13.9. The second-order valence-electron chi connectivity index (χ2n) is 6.53. The van der Waals surface area contributed by atoms with Crippen LogP contribution in [0.4, 0.5) is 5.69 Å². The van der Waals surface area contributed by atoms with Crippen LogP contribution in [0.15, 0.2) is 42.5 Å². The smallest absolute Gasteiger partial charge is 0.288 e. The van der Waals surface area contributed by atoms with Crippen molar-refractivity contribution in [2.75, 3.05) is 7.05 Å². The van der Waals surface area contributed by atoms with Crippen molar-refractivity contribution in [3.8, 4) is 0 Å². The molecule has 1 saturated carbocycles. The quantitative estimate of drug-likeness (QED) is 0.607. The van der Waals surface area contributed by atoms with Gasteiger partial charge in [-0.1, -0.05) is 23.7 Å². The first kappa shape index (κ1) is 18.8. The van der Waals surface area contributed by atoms with Crippen molar-refractivity contribution in [2.45, 2.75) is 25.4 Å². The van der Waals surface area contributed by atoms with Gasteiger partial charge in [0.25, 0.3) is 17.5 Å². The highest BCUT2D eigenvalue weighted by atomic mass is 35.5. The number of hydrogen-bond donors (Lipinski definition) is 1. The maximum absolute atomic E-state index is 12.5. The lowest BCUT2D eigenvalue weighted by atomic mass is 10.1. The molecule has 1 aliphatic rings. The first-order valence-electron chi connectivity index (χ1n) is 8.44. The van der Waals surface area contributed by atoms with Gasteiger partial charge in [0.15, 0.2) is 0 Å². The second kappa shape index (κ2) is 7.75. The Balaban J connectivity index is 1.66. The Morgan fingerprint density at radius 3 is 2.41 bits per heavy atom. The number of nitrogens with zero attached hydrogens (tertiary/aromatic N) is 2. The summed E-state index contributed by atoms with van der Waals surface area (Å²) in [5.41, 5.74) is 1.31. The zero-order valence-corrected chi connectivity index (χ0v) is 15.4. The van der Waals surface area contributed by atoms with Crippen LogP contribution in [0.5, 0.6) is 0 Å². The first-order chi connectivity index (χ1) is 12.8. The van der Waals surface area contributed by atoms with Gasteiger partial charge < -0.3 is 10.2 Å². The molecule has 1 fully saturated rings. The number of carbonyl (C=O) groups excluding carboxylic acids is 2. The van der Waals surface area contributed by atoms with Gasteiger partial charge in [0, 0.05) is 36.8 Å². The van der Waals surface area contributed by atoms with Gasteiger partial charge in [0.2, 0.25) is 0 Å². The molecular formula is C19H18ClN3O4. The van der Waals surface area contributed by atoms with E-state index in [1.54, 1.807) is 31.3 Å². The Kier molecular flexibility index (Phi) is 5.41. The molecule has 0 atom stereocenters. The van der Waals surface area contributed by atoms with Gasteiger partial charge in [-0.15, -0.1) is 0 Å². The minimum Gasteiger partial charge on any atom is -0.349 e. The molecule has 0 heterocycles. The highest BCUT2D eigenvalue weighted by Crippen LogP contribution is 2.26. The molecule has 8 heteroatoms. The Morgan fingerprint density at radius 2 is 1.81 bits per heavy atom. The summed E-state index contributed by atoms with van der Waals surface area (Å²) < 4.78 is 0. The molecule has 0 unspecified atom stereocenters. The molecule has 3 rings (SSSR count). The van der Waals surface area contributed by atoms with Gasteiger partial charge in [-0.3, -0.25) is 19.7 Å². The second-order valence-corrected chi connectivity index (χ2v) is 6.94. The number of amides is 2. The number of carbonyl (C=O) groups is 2. The van der Waals surface area contributed by atoms with Crippen molar-refractivity contribution >= 4 is 29.1 Å². The van der Waals surface area contributed by atoms with Gasteiger partial charge in [-0.2, -0.15) is 0 Å². The largest absolute Gasteiger partial charge is 0.349 e. The van der Waals surface area contributed by atoms with Crippen LogP contribution in [0.2, 0.25) is 5.02 Å². The van der Waals surface area contributed by atoms with Crippen LogP contribution in [0.3, 0.4) is 0 Å². The summed E-state index contributed by atoms with van der Waals surface area (Å²) in [4.78, 5) is 36.3. The SMILES string of the molecule is CN(Cc1ccc(C(=O)NC2CC2)cc1)C(=O)c1ccc(Cl)c([N+](=O)[O-])c1. The van der Waals surface area contributed by atoms with E-state index in [0.29, 0.717) is 18.2 Å². The van der Waals surface area contributed by atoms with Gasteiger partial charge >= 0.3 is 0 Å². The van der Waals surface area contributed by atoms with E-state index in [2.05, 4.69) is 5.32 Å². The summed E-state index contributed by atoms with van der Waals surface area (Å²) in [6.07, 6.45) is 2.05. The Hall–Kier alpha value is -2.93. The topological polar surface area (TPSA) is 92.6 Å². The van der Waals surface area contributed by atoms with Gasteiger partial charge in [-0.05, 0) is 42.7 Å². The molecule has 1 aliphatic carbocycles. The fourth-order valence-corrected chi connectivity index (χ4v) is 2.80. The van der Waals surface area contributed by atoms with Crippen LogP contribution in [-0.4, -0.2) is 34.7 Å². The third kappa shape index (κ3) is 4.62. The van der Waals surface area contributed by atoms with Crippen LogP contribution in [0, 0.1) is 10.1 Å². The summed E-state index contributed by atoms with van der Waals surface area (Å²) in [6.45, 7) is 0.305. The van der Waals surface area contributed by atoms with Crippen LogP contribution in [-0.2, 0) is 6.54 Å². The summed E-state index contributed by atoms with van der Waals surface area (Å²) in [5.74, 6) is -0.452. The van der Waals surface area contributed by atoms with Gasteiger partial charge in [0.1, 0.15) is 5.02 Å². The standard InChI is InChI=1S/C19H18ClN3O4/c1-22(19(25)14-6-9-16(20)17(10-14)23(26)27)11-12-2-4-13(5-3-12)18(24)21-15-7-8-15/h2-6,9-10,15H,7-8,11H2,1H3,(H,21,24). The Labute approximate surface area is 161 Å². The maximum atomic E-state index is 12.5. The monoisotopic (exact) mass is 387 g/mol. The molecule has 0 spiro atoms. The van der Waals surface area contributed by atoms with E-state index < -0.39 is 4.92 Å². The molecule has 27 heavy (non-hydrogen) atoms. The maximum Gasteiger partial charge on any atom is 0.288 e. The summed E-state index contributed by atoms with van der Waals surface area (Å²) >= 11 is 5.78. The van der Waals surface area contributed by atoms with E-state index in [1.807, 2.05) is 0 Å². The first-order valence-corrected chi connectivity index (χ1v) is 8.82. The average molecular weight is 388 g/mol. The molecule has 0 bridgehead atoms. The predicted molar refractivity (Wildman–Crippen MR) is 101 cm³/mol. The van der Waals surface area contributed by atoms with Crippen molar-refractivity contribution in [3.63, 3.8) is 0 Å². The van der Waals surface area contributed by atoms with Crippen molar-refractivity contribution in [3.05, 3.63) is 74.3 Å². The number of rotatable bonds is 6. The molecule has 0 aliphatic heterocycles. The minimum atomic E-state index is -0.621. The van der Waals surface area contributed by atoms with Crippen molar-refractivity contribution in [2.24, 2.45) is 0 Å². The number of halogens is 1. The van der Waals surface area contributed by atoms with Crippen LogP contribution in [0.25, 0.3) is 0 Å². The summed E-state index contributed by atoms with van der Waals surface area (Å²) in [7, 11) is 1.61. The highest BCUT2D eigenvalue weighted by molar-refractivity contribution is 6.32. The van der Waals surface area contributed by atoms with Gasteiger partial charge in [0.05, 0.1) is 4.92 Å². The predicted octanol–water partition coefficient (Wildman–Crippen LogP) is 3.41. The van der Waals surface area contributed by atoms with Gasteiger partial charge in [-0.25, -0.2) is 0 Å². The van der Waals surface area contributed by atoms with E-state index >= 15 is 0 Å². The average Bonchev–Trinajstić information content (AvgIpc) is 3.45. The van der Waals surface area contributed by atoms with E-state index in [4.69, 9.17) is 11.6 Å². The lowest BCUT2D eigenvalue weighted by Gasteiger charge is -2.17. The molecule has 2 aromatic carbocycles. The zero-order valence-electron chi connectivity index (χ0n) is 14.6. The van der Waals surface area contributed by atoms with E-state index in [-0.39, 0.29) is 28.1 Å². The van der Waals surface area contributed by atoms with Crippen molar-refractivity contribution < 1.29 is 14.5 Å². The van der Waals surface area contributed by atoms with Crippen LogP contribution < -0.4 is 5.32 Å². The lowest BCUT2D eigenvalue weighted by Crippen LogP contribution is -2.27. The molecule has 2 amide bonds. The molecule has 7 nitrogen and oxygen atoms in total. The number of hydrogen-bond acceptors (Lipinski definition) is 4. The Morgan fingerprint density at radius 1 is 1.19 bits per heavy atom. The molecule has 140 valence electrons. The number of nitro groups is 1. The van der Waals surface area contributed by atoms with E-state index in [0.717, 1.165) is 18.4 Å². The third-order valence-corrected chi connectivity index (χ3v) is 4.60. The van der Waals surface area contributed by atoms with E-state index in [9.17, 15) is 19.7 Å². The summed E-state index contributed by atoms with van der Waals surface area (Å²) in [6, 6.07) is 11.3. The Bertz CT molecular complexity index is 894. The third-order valence-electron chi connectivity index (χ3n) is 4.28. The van der Waals surface area contributed by atoms with E-state index in [1.165, 1.54) is 23.1 Å². The number of nitrogens with one attached hydrogen (secondary N) is 1. The lowest BCUT2D eigenvalue weighted by molar-refractivity contribution is -0.384. The molecule has 0 saturated heterocycles. The molecule has 1 N–H and O–H groups in total. The fourth-order valence-electron chi connectivity index (χ4n) is 2.61. The molecular weight excluding hydrogens is 370 g/mol. The normalized spacial score (nSPS) is 13.1. The number of nitro benzene ring substituents is 1. The van der Waals surface area contributed by atoms with Crippen LogP contribution >= 0.6 is 11.6 Å². The van der Waals surface area contributed by atoms with Crippen molar-refractivity contribution in [1.29, 1.82) is 0 Å². The fraction of sp³-hybridized carbons (Fsp3) is 0.263. The molecule has 0 radical (unpaired) electrons. The van der Waals surface area contributed by atoms with Crippen molar-refractivity contribution in [1.82, 2.24) is 10.2 Å². The zero-order chi connectivity index (χ0) is 19.6.